The molecule has 0 saturated heterocycles. The average Bonchev–Trinajstić information content (AvgIpc) is 2.37. The number of rotatable bonds is 4. The maximum absolute atomic E-state index is 9.19. The minimum Gasteiger partial charge on any atom is -0.345 e. The van der Waals surface area contributed by atoms with E-state index < -0.39 is 0 Å². The molecule has 0 amide bonds. The zero-order valence-electron chi connectivity index (χ0n) is 6.93. The Morgan fingerprint density at radius 2 is 2.27 bits per heavy atom. The minimum atomic E-state index is 0.334. The molecule has 0 spiro atoms. The Morgan fingerprint density at radius 1 is 1.45 bits per heavy atom. The van der Waals surface area contributed by atoms with Crippen molar-refractivity contribution in [3.05, 3.63) is 17.8 Å². The van der Waals surface area contributed by atoms with Crippen molar-refractivity contribution in [1.82, 2.24) is 10.7 Å². The Kier molecular flexibility index (Phi) is 3.02. The smallest absolute Gasteiger partial charge is 0.155 e. The molecule has 0 aliphatic carbocycles. The van der Waals surface area contributed by atoms with Gasteiger partial charge in [-0.15, -0.1) is 5.73 Å². The van der Waals surface area contributed by atoms with Crippen molar-refractivity contribution >= 4 is 5.82 Å². The van der Waals surface area contributed by atoms with Crippen LogP contribution >= 0.6 is 0 Å². The third-order valence-corrected chi connectivity index (χ3v) is 1.86. The molecule has 0 fully saturated rings. The number of nitrogens with zero attached hydrogens (tertiary/aromatic N) is 1. The van der Waals surface area contributed by atoms with Crippen LogP contribution in [0.15, 0.2) is 12.3 Å². The lowest BCUT2D eigenvalue weighted by molar-refractivity contribution is 0.718. The van der Waals surface area contributed by atoms with E-state index in [2.05, 4.69) is 11.9 Å². The van der Waals surface area contributed by atoms with Crippen LogP contribution in [0.2, 0.25) is 0 Å². The lowest BCUT2D eigenvalue weighted by Gasteiger charge is -1.95. The van der Waals surface area contributed by atoms with Gasteiger partial charge in [0.25, 0.3) is 0 Å². The van der Waals surface area contributed by atoms with Gasteiger partial charge in [-0.3, -0.25) is 0 Å². The summed E-state index contributed by atoms with van der Waals surface area (Å²) in [5.41, 5.74) is 10.2. The molecule has 0 aliphatic rings. The van der Waals surface area contributed by atoms with Crippen molar-refractivity contribution in [1.29, 1.82) is 0 Å². The molecule has 2 radical (unpaired) electrons. The second-order valence-electron chi connectivity index (χ2n) is 2.81. The molecule has 1 rings (SSSR count). The van der Waals surface area contributed by atoms with Crippen LogP contribution in [0.5, 0.6) is 0 Å². The van der Waals surface area contributed by atoms with E-state index in [4.69, 9.17) is 0 Å². The largest absolute Gasteiger partial charge is 0.345 e. The molecule has 2 heteroatoms. The van der Waals surface area contributed by atoms with Gasteiger partial charge in [0.15, 0.2) is 5.82 Å². The summed E-state index contributed by atoms with van der Waals surface area (Å²) >= 11 is 0. The van der Waals surface area contributed by atoms with Gasteiger partial charge in [0.05, 0.1) is 0 Å². The molecule has 60 valence electrons. The van der Waals surface area contributed by atoms with E-state index in [0.717, 1.165) is 12.0 Å². The maximum atomic E-state index is 9.19. The van der Waals surface area contributed by atoms with Crippen molar-refractivity contribution in [2.75, 3.05) is 0 Å². The summed E-state index contributed by atoms with van der Waals surface area (Å²) in [6, 6.07) is 1.94. The lowest BCUT2D eigenvalue weighted by Crippen LogP contribution is -1.84. The van der Waals surface area contributed by atoms with Gasteiger partial charge < -0.3 is 4.98 Å². The number of unbranched alkanes of at least 4 members (excludes halogenated alkanes) is 2. The molecule has 1 N–H and O–H groups in total. The molecule has 1 heterocycles. The van der Waals surface area contributed by atoms with Crippen molar-refractivity contribution in [3.63, 3.8) is 0 Å². The molecule has 0 aromatic carbocycles. The Balaban J connectivity index is 2.32. The second-order valence-corrected chi connectivity index (χ2v) is 2.81. The Labute approximate surface area is 67.8 Å². The highest BCUT2D eigenvalue weighted by Crippen LogP contribution is 2.13. The molecule has 2 nitrogen and oxygen atoms in total. The summed E-state index contributed by atoms with van der Waals surface area (Å²) in [5, 5.41) is 0. The number of H-pyrrole nitrogens is 1. The third kappa shape index (κ3) is 2.30. The quantitative estimate of drug-likeness (QED) is 0.640. The van der Waals surface area contributed by atoms with E-state index in [0.29, 0.717) is 5.82 Å². The Bertz CT molecular complexity index is 203. The van der Waals surface area contributed by atoms with Gasteiger partial charge in [-0.1, -0.05) is 19.8 Å². The normalized spacial score (nSPS) is 10.3. The van der Waals surface area contributed by atoms with Crippen LogP contribution in [-0.4, -0.2) is 4.98 Å². The van der Waals surface area contributed by atoms with Gasteiger partial charge in [-0.2, -0.15) is 0 Å². The number of aryl methyl sites for hydroxylation is 1. The van der Waals surface area contributed by atoms with Crippen LogP contribution in [0.3, 0.4) is 0 Å². The summed E-state index contributed by atoms with van der Waals surface area (Å²) in [6.07, 6.45) is 6.40. The van der Waals surface area contributed by atoms with E-state index in [1.165, 1.54) is 19.3 Å². The van der Waals surface area contributed by atoms with Gasteiger partial charge in [-0.05, 0) is 24.5 Å². The van der Waals surface area contributed by atoms with Crippen LogP contribution in [-0.2, 0) is 6.42 Å². The Hall–Kier alpha value is -0.920. The zero-order chi connectivity index (χ0) is 8.10. The van der Waals surface area contributed by atoms with Gasteiger partial charge in [0, 0.05) is 6.20 Å². The van der Waals surface area contributed by atoms with Crippen LogP contribution in [0.25, 0.3) is 0 Å². The number of aromatic amines is 1. The van der Waals surface area contributed by atoms with Gasteiger partial charge in [-0.25, -0.2) is 0 Å². The van der Waals surface area contributed by atoms with E-state index in [-0.39, 0.29) is 0 Å². The molecule has 0 unspecified atom stereocenters. The topological polar surface area (TPSA) is 38.1 Å². The molecule has 0 saturated carbocycles. The fourth-order valence-electron chi connectivity index (χ4n) is 1.16. The zero-order valence-corrected chi connectivity index (χ0v) is 6.93. The predicted octanol–water partition coefficient (Wildman–Crippen LogP) is 2.45. The van der Waals surface area contributed by atoms with E-state index in [1.54, 1.807) is 6.20 Å². The van der Waals surface area contributed by atoms with E-state index in [1.807, 2.05) is 6.07 Å². The Morgan fingerprint density at radius 3 is 2.82 bits per heavy atom. The van der Waals surface area contributed by atoms with Crippen LogP contribution in [0.1, 0.15) is 31.7 Å². The van der Waals surface area contributed by atoms with Crippen LogP contribution in [0, 0.1) is 0 Å². The maximum Gasteiger partial charge on any atom is 0.155 e. The van der Waals surface area contributed by atoms with Gasteiger partial charge in [0.1, 0.15) is 0 Å². The van der Waals surface area contributed by atoms with Crippen molar-refractivity contribution < 1.29 is 0 Å². The molecule has 0 bridgehead atoms. The summed E-state index contributed by atoms with van der Waals surface area (Å²) < 4.78 is 0. The highest BCUT2D eigenvalue weighted by atomic mass is 14.8. The summed E-state index contributed by atoms with van der Waals surface area (Å²) in [4.78, 5) is 2.75. The first-order chi connectivity index (χ1) is 5.34. The highest BCUT2D eigenvalue weighted by Gasteiger charge is 1.99. The molecule has 1 aromatic rings. The van der Waals surface area contributed by atoms with Crippen molar-refractivity contribution in [3.8, 4) is 0 Å². The number of aromatic nitrogens is 1. The molecule has 1 aromatic heterocycles. The van der Waals surface area contributed by atoms with Crippen LogP contribution < -0.4 is 5.73 Å². The standard InChI is InChI=1S/C9H14N2/c1-2-3-4-5-8-6-7-11-9(8)10/h6-7,11H,2-5H2,1H3. The average molecular weight is 150 g/mol. The summed E-state index contributed by atoms with van der Waals surface area (Å²) in [6.45, 7) is 2.18. The minimum absolute atomic E-state index is 0.334. The molecular weight excluding hydrogens is 136 g/mol. The van der Waals surface area contributed by atoms with Crippen LogP contribution in [0.4, 0.5) is 5.82 Å². The first kappa shape index (κ1) is 8.18. The molecule has 11 heavy (non-hydrogen) atoms. The third-order valence-electron chi connectivity index (χ3n) is 1.86. The molecule has 0 atom stereocenters. The number of nitrogens with one attached hydrogen (secondary N) is 1. The predicted molar refractivity (Wildman–Crippen MR) is 45.8 cm³/mol. The van der Waals surface area contributed by atoms with Gasteiger partial charge in [0.2, 0.25) is 0 Å². The molecular formula is C9H14N2. The number of hydrogen-bond donors (Lipinski definition) is 1. The highest BCUT2D eigenvalue weighted by molar-refractivity contribution is 5.35. The molecule has 0 aliphatic heterocycles. The van der Waals surface area contributed by atoms with Crippen molar-refractivity contribution in [2.24, 2.45) is 0 Å². The van der Waals surface area contributed by atoms with Crippen molar-refractivity contribution in [2.45, 2.75) is 32.6 Å². The van der Waals surface area contributed by atoms with E-state index in [9.17, 15) is 5.73 Å². The number of hydrogen-bond acceptors (Lipinski definition) is 0. The van der Waals surface area contributed by atoms with E-state index >= 15 is 0 Å². The summed E-state index contributed by atoms with van der Waals surface area (Å²) in [5.74, 6) is 0.334. The first-order valence-corrected chi connectivity index (χ1v) is 4.19. The summed E-state index contributed by atoms with van der Waals surface area (Å²) in [7, 11) is 0. The second kappa shape index (κ2) is 4.06. The fourth-order valence-corrected chi connectivity index (χ4v) is 1.16. The first-order valence-electron chi connectivity index (χ1n) is 4.19. The SMILES string of the molecule is CCCCCc1cc[nH]c1[N]. The lowest BCUT2D eigenvalue weighted by atomic mass is 10.1. The van der Waals surface area contributed by atoms with Gasteiger partial charge >= 0.3 is 0 Å². The fraction of sp³-hybridized carbons (Fsp3) is 0.556. The monoisotopic (exact) mass is 150 g/mol.